The van der Waals surface area contributed by atoms with Gasteiger partial charge in [0.2, 0.25) is 0 Å². The zero-order valence-electron chi connectivity index (χ0n) is 29.4. The van der Waals surface area contributed by atoms with Crippen LogP contribution in [0.4, 0.5) is 0 Å². The molecule has 9 aromatic carbocycles. The molecule has 248 valence electrons. The quantitative estimate of drug-likeness (QED) is 0.167. The fourth-order valence-electron chi connectivity index (χ4n) is 9.75. The molecule has 0 unspecified atom stereocenters. The van der Waals surface area contributed by atoms with E-state index in [4.69, 9.17) is 4.42 Å². The van der Waals surface area contributed by atoms with E-state index in [1.165, 1.54) is 98.3 Å². The van der Waals surface area contributed by atoms with Crippen molar-refractivity contribution < 1.29 is 4.42 Å². The highest BCUT2D eigenvalue weighted by atomic mass is 16.3. The Morgan fingerprint density at radius 2 is 1.02 bits per heavy atom. The van der Waals surface area contributed by atoms with Crippen molar-refractivity contribution >= 4 is 76.1 Å². The molecule has 0 spiro atoms. The molecule has 0 N–H and O–H groups in total. The van der Waals surface area contributed by atoms with E-state index in [2.05, 4.69) is 182 Å². The van der Waals surface area contributed by atoms with Crippen molar-refractivity contribution in [3.05, 3.63) is 175 Å². The highest BCUT2D eigenvalue weighted by Crippen LogP contribution is 2.54. The van der Waals surface area contributed by atoms with Gasteiger partial charge >= 0.3 is 0 Å². The first kappa shape index (κ1) is 29.0. The summed E-state index contributed by atoms with van der Waals surface area (Å²) in [6.07, 6.45) is 0. The second kappa shape index (κ2) is 10.2. The van der Waals surface area contributed by atoms with Gasteiger partial charge in [0.05, 0.1) is 11.0 Å². The molecule has 1 aliphatic rings. The van der Waals surface area contributed by atoms with Crippen LogP contribution in [0.25, 0.3) is 104 Å². The number of hydrogen-bond donors (Lipinski definition) is 0. The Kier molecular flexibility index (Phi) is 5.60. The van der Waals surface area contributed by atoms with Crippen molar-refractivity contribution in [3.63, 3.8) is 0 Å². The zero-order chi connectivity index (χ0) is 35.0. The molecule has 0 saturated heterocycles. The smallest absolute Gasteiger partial charge is 0.135 e. The van der Waals surface area contributed by atoms with Crippen LogP contribution in [-0.2, 0) is 5.41 Å². The first-order chi connectivity index (χ1) is 26.0. The van der Waals surface area contributed by atoms with E-state index < -0.39 is 0 Å². The van der Waals surface area contributed by atoms with Crippen LogP contribution >= 0.6 is 0 Å². The van der Waals surface area contributed by atoms with Crippen LogP contribution in [0.3, 0.4) is 0 Å². The van der Waals surface area contributed by atoms with Crippen molar-refractivity contribution in [2.75, 3.05) is 0 Å². The molecular formula is C51H33NO. The van der Waals surface area contributed by atoms with Crippen molar-refractivity contribution in [2.24, 2.45) is 0 Å². The van der Waals surface area contributed by atoms with E-state index in [-0.39, 0.29) is 5.41 Å². The maximum Gasteiger partial charge on any atom is 0.135 e. The normalized spacial score (nSPS) is 13.6. The number of fused-ring (bicyclic) bond motifs is 16. The lowest BCUT2D eigenvalue weighted by Gasteiger charge is -2.22. The Bertz CT molecular complexity index is 3320. The van der Waals surface area contributed by atoms with Gasteiger partial charge in [0.15, 0.2) is 0 Å². The number of hydrogen-bond acceptors (Lipinski definition) is 1. The van der Waals surface area contributed by atoms with E-state index in [0.717, 1.165) is 16.9 Å². The Labute approximate surface area is 306 Å². The van der Waals surface area contributed by atoms with Crippen molar-refractivity contribution in [3.8, 4) is 27.9 Å². The van der Waals surface area contributed by atoms with E-state index >= 15 is 0 Å². The van der Waals surface area contributed by atoms with Crippen LogP contribution in [0.2, 0.25) is 0 Å². The fraction of sp³-hybridized carbons (Fsp3) is 0.0588. The highest BCUT2D eigenvalue weighted by Gasteiger charge is 2.39. The summed E-state index contributed by atoms with van der Waals surface area (Å²) in [5.74, 6) is 0. The van der Waals surface area contributed by atoms with Gasteiger partial charge in [-0.2, -0.15) is 0 Å². The van der Waals surface area contributed by atoms with Gasteiger partial charge in [0, 0.05) is 32.6 Å². The zero-order valence-corrected chi connectivity index (χ0v) is 29.4. The van der Waals surface area contributed by atoms with Crippen LogP contribution in [0, 0.1) is 0 Å². The van der Waals surface area contributed by atoms with Gasteiger partial charge in [0.1, 0.15) is 11.2 Å². The predicted molar refractivity (Wildman–Crippen MR) is 224 cm³/mol. The number of rotatable bonds is 2. The first-order valence-electron chi connectivity index (χ1n) is 18.5. The monoisotopic (exact) mass is 675 g/mol. The third-order valence-corrected chi connectivity index (χ3v) is 12.1. The molecule has 1 aliphatic carbocycles. The van der Waals surface area contributed by atoms with Crippen molar-refractivity contribution in [2.45, 2.75) is 19.3 Å². The summed E-state index contributed by atoms with van der Waals surface area (Å²) in [6.45, 7) is 4.75. The number of para-hydroxylation sites is 2. The Hall–Kier alpha value is -6.64. The number of benzene rings is 9. The summed E-state index contributed by atoms with van der Waals surface area (Å²) >= 11 is 0. The molecule has 12 rings (SSSR count). The highest BCUT2D eigenvalue weighted by molar-refractivity contribution is 6.25. The minimum absolute atomic E-state index is 0.187. The molecule has 0 saturated carbocycles. The summed E-state index contributed by atoms with van der Waals surface area (Å²) in [7, 11) is 0. The van der Waals surface area contributed by atoms with Gasteiger partial charge in [-0.15, -0.1) is 0 Å². The topological polar surface area (TPSA) is 18.1 Å². The largest absolute Gasteiger partial charge is 0.456 e. The van der Waals surface area contributed by atoms with Gasteiger partial charge < -0.3 is 8.98 Å². The number of aromatic nitrogens is 1. The lowest BCUT2D eigenvalue weighted by molar-refractivity contribution is 0.657. The van der Waals surface area contributed by atoms with Crippen LogP contribution in [-0.4, -0.2) is 4.57 Å². The second-order valence-corrected chi connectivity index (χ2v) is 15.3. The maximum atomic E-state index is 6.36. The summed E-state index contributed by atoms with van der Waals surface area (Å²) < 4.78 is 8.81. The predicted octanol–water partition coefficient (Wildman–Crippen LogP) is 14.1. The summed E-state index contributed by atoms with van der Waals surface area (Å²) in [4.78, 5) is 0. The molecule has 2 aromatic heterocycles. The lowest BCUT2D eigenvalue weighted by atomic mass is 9.80. The molecule has 53 heavy (non-hydrogen) atoms. The third kappa shape index (κ3) is 3.82. The van der Waals surface area contributed by atoms with E-state index in [9.17, 15) is 0 Å². The van der Waals surface area contributed by atoms with Gasteiger partial charge in [0.25, 0.3) is 0 Å². The maximum absolute atomic E-state index is 6.36. The molecule has 0 fully saturated rings. The van der Waals surface area contributed by atoms with Gasteiger partial charge in [-0.25, -0.2) is 0 Å². The second-order valence-electron chi connectivity index (χ2n) is 15.3. The van der Waals surface area contributed by atoms with Crippen LogP contribution in [0.5, 0.6) is 0 Å². The first-order valence-corrected chi connectivity index (χ1v) is 18.5. The lowest BCUT2D eigenvalue weighted by Crippen LogP contribution is -2.15. The van der Waals surface area contributed by atoms with Gasteiger partial charge in [-0.1, -0.05) is 129 Å². The molecular weight excluding hydrogens is 643 g/mol. The number of furan rings is 1. The molecule has 0 aliphatic heterocycles. The summed E-state index contributed by atoms with van der Waals surface area (Å²) in [5, 5.41) is 12.8. The minimum Gasteiger partial charge on any atom is -0.456 e. The summed E-state index contributed by atoms with van der Waals surface area (Å²) in [6, 6.07) is 60.3. The van der Waals surface area contributed by atoms with Gasteiger partial charge in [-0.3, -0.25) is 0 Å². The SMILES string of the molecule is CC1(C)c2cc3c4ccccc4n(-c4ccc(-c5ccc6c7ccccc7c7ccccc7c6c5)cc4)c3cc2-c2ccc3oc4ccccc4c3c21. The van der Waals surface area contributed by atoms with Crippen LogP contribution in [0.15, 0.2) is 168 Å². The van der Waals surface area contributed by atoms with Gasteiger partial charge in [-0.05, 0) is 114 Å². The molecule has 2 heterocycles. The van der Waals surface area contributed by atoms with E-state index in [1.807, 2.05) is 0 Å². The number of nitrogens with zero attached hydrogens (tertiary/aromatic N) is 1. The Morgan fingerprint density at radius 3 is 1.75 bits per heavy atom. The van der Waals surface area contributed by atoms with Crippen molar-refractivity contribution in [1.82, 2.24) is 4.57 Å². The molecule has 0 bridgehead atoms. The average Bonchev–Trinajstić information content (AvgIpc) is 3.82. The molecule has 2 heteroatoms. The molecule has 0 atom stereocenters. The van der Waals surface area contributed by atoms with Crippen LogP contribution in [0.1, 0.15) is 25.0 Å². The fourth-order valence-corrected chi connectivity index (χ4v) is 9.75. The van der Waals surface area contributed by atoms with Crippen LogP contribution < -0.4 is 0 Å². The van der Waals surface area contributed by atoms with E-state index in [0.29, 0.717) is 0 Å². The summed E-state index contributed by atoms with van der Waals surface area (Å²) in [5.41, 5.74) is 13.1. The Balaban J connectivity index is 1.04. The average molecular weight is 676 g/mol. The third-order valence-electron chi connectivity index (χ3n) is 12.1. The molecule has 2 nitrogen and oxygen atoms in total. The molecule has 0 amide bonds. The molecule has 11 aromatic rings. The standard InChI is InChI=1S/C51H33NO/c1-51(2)44-28-43-38-15-7-9-17-45(38)52(46(43)29-42(44)39-25-26-48-49(50(39)51)40-16-8-10-18-47(40)53-48)32-22-19-30(20-23-32)31-21-24-37-35-13-4-3-11-33(35)34-12-5-6-14-36(34)41(37)27-31/h3-29H,1-2H3. The molecule has 0 radical (unpaired) electrons. The Morgan fingerprint density at radius 1 is 0.415 bits per heavy atom. The van der Waals surface area contributed by atoms with Crippen molar-refractivity contribution in [1.29, 1.82) is 0 Å². The van der Waals surface area contributed by atoms with E-state index in [1.54, 1.807) is 0 Å². The minimum atomic E-state index is -0.187.